The summed E-state index contributed by atoms with van der Waals surface area (Å²) >= 11 is 0. The Kier molecular flexibility index (Phi) is 6.19. The summed E-state index contributed by atoms with van der Waals surface area (Å²) < 4.78 is 5.53. The molecule has 7 heteroatoms. The average Bonchev–Trinajstić information content (AvgIpc) is 3.16. The predicted octanol–water partition coefficient (Wildman–Crippen LogP) is 3.43. The number of para-hydroxylation sites is 1. The third-order valence-electron chi connectivity index (χ3n) is 5.57. The number of hydrogen-bond donors (Lipinski definition) is 4. The highest BCUT2D eigenvalue weighted by Crippen LogP contribution is 2.23. The van der Waals surface area contributed by atoms with Gasteiger partial charge in [-0.15, -0.1) is 0 Å². The second-order valence-corrected chi connectivity index (χ2v) is 9.18. The van der Waals surface area contributed by atoms with Crippen LogP contribution >= 0.6 is 0 Å². The lowest BCUT2D eigenvalue weighted by Gasteiger charge is -2.36. The third-order valence-corrected chi connectivity index (χ3v) is 5.57. The Morgan fingerprint density at radius 1 is 1.12 bits per heavy atom. The number of carbonyl (C=O) groups is 2. The Morgan fingerprint density at radius 2 is 1.84 bits per heavy atom. The van der Waals surface area contributed by atoms with Gasteiger partial charge < -0.3 is 20.4 Å². The van der Waals surface area contributed by atoms with Crippen LogP contribution in [-0.4, -0.2) is 41.2 Å². The van der Waals surface area contributed by atoms with Gasteiger partial charge in [0.15, 0.2) is 0 Å². The maximum atomic E-state index is 12.7. The van der Waals surface area contributed by atoms with Gasteiger partial charge in [-0.05, 0) is 44.4 Å². The maximum Gasteiger partial charge on any atom is 0.407 e. The van der Waals surface area contributed by atoms with Crippen LogP contribution in [0.1, 0.15) is 37.9 Å². The molecule has 3 atom stereocenters. The fourth-order valence-electron chi connectivity index (χ4n) is 4.10. The van der Waals surface area contributed by atoms with Crippen LogP contribution < -0.4 is 16.0 Å². The first-order valence-electron chi connectivity index (χ1n) is 10.9. The monoisotopic (exact) mass is 434 g/mol. The summed E-state index contributed by atoms with van der Waals surface area (Å²) in [6.45, 7) is 5.92. The molecular formula is C25H30N4O3. The zero-order chi connectivity index (χ0) is 22.7. The first kappa shape index (κ1) is 21.9. The smallest absolute Gasteiger partial charge is 0.407 e. The number of aromatic nitrogens is 1. The molecule has 0 bridgehead atoms. The minimum atomic E-state index is -0.601. The van der Waals surface area contributed by atoms with Crippen molar-refractivity contribution in [2.24, 2.45) is 0 Å². The van der Waals surface area contributed by atoms with Gasteiger partial charge in [-0.1, -0.05) is 48.5 Å². The van der Waals surface area contributed by atoms with E-state index in [1.165, 1.54) is 0 Å². The molecule has 1 aromatic heterocycles. The number of amides is 2. The van der Waals surface area contributed by atoms with E-state index in [1.54, 1.807) is 0 Å². The van der Waals surface area contributed by atoms with Gasteiger partial charge in [0.25, 0.3) is 0 Å². The summed E-state index contributed by atoms with van der Waals surface area (Å²) in [7, 11) is 0. The molecule has 0 radical (unpaired) electrons. The van der Waals surface area contributed by atoms with Crippen LogP contribution in [0.25, 0.3) is 10.9 Å². The van der Waals surface area contributed by atoms with Crippen LogP contribution in [-0.2, 0) is 16.0 Å². The van der Waals surface area contributed by atoms with Crippen LogP contribution in [0.4, 0.5) is 4.79 Å². The van der Waals surface area contributed by atoms with E-state index in [1.807, 2.05) is 75.5 Å². The molecule has 3 aromatic rings. The lowest BCUT2D eigenvalue weighted by atomic mass is 9.94. The normalized spacial score (nSPS) is 19.9. The summed E-state index contributed by atoms with van der Waals surface area (Å²) in [6.07, 6.45) is 2.08. The van der Waals surface area contributed by atoms with E-state index < -0.39 is 17.7 Å². The van der Waals surface area contributed by atoms with Gasteiger partial charge in [-0.3, -0.25) is 10.1 Å². The number of hydrogen-bond acceptors (Lipinski definition) is 4. The van der Waals surface area contributed by atoms with Gasteiger partial charge >= 0.3 is 6.09 Å². The first-order chi connectivity index (χ1) is 15.3. The van der Waals surface area contributed by atoms with Gasteiger partial charge in [0.05, 0.1) is 6.04 Å². The molecule has 2 aromatic carbocycles. The number of ether oxygens (including phenoxy) is 1. The molecule has 4 rings (SSSR count). The molecule has 168 valence electrons. The Bertz CT molecular complexity index is 1090. The van der Waals surface area contributed by atoms with Gasteiger partial charge in [-0.25, -0.2) is 4.79 Å². The maximum absolute atomic E-state index is 12.7. The van der Waals surface area contributed by atoms with E-state index in [4.69, 9.17) is 4.74 Å². The summed E-state index contributed by atoms with van der Waals surface area (Å²) in [6, 6.07) is 16.7. The summed E-state index contributed by atoms with van der Waals surface area (Å²) in [5.41, 5.74) is 2.43. The molecule has 2 heterocycles. The quantitative estimate of drug-likeness (QED) is 0.495. The Morgan fingerprint density at radius 3 is 2.59 bits per heavy atom. The highest BCUT2D eigenvalue weighted by atomic mass is 16.6. The number of piperazine rings is 1. The number of fused-ring (bicyclic) bond motifs is 1. The average molecular weight is 435 g/mol. The molecule has 0 aliphatic carbocycles. The molecule has 1 aliphatic heterocycles. The molecule has 7 nitrogen and oxygen atoms in total. The molecule has 1 aliphatic rings. The molecular weight excluding hydrogens is 404 g/mol. The second-order valence-electron chi connectivity index (χ2n) is 9.18. The van der Waals surface area contributed by atoms with E-state index in [2.05, 4.69) is 27.0 Å². The zero-order valence-electron chi connectivity index (χ0n) is 18.6. The van der Waals surface area contributed by atoms with E-state index in [-0.39, 0.29) is 18.0 Å². The van der Waals surface area contributed by atoms with Crippen LogP contribution in [0, 0.1) is 0 Å². The van der Waals surface area contributed by atoms with Crippen molar-refractivity contribution in [1.29, 1.82) is 0 Å². The summed E-state index contributed by atoms with van der Waals surface area (Å²) in [4.78, 5) is 28.5. The lowest BCUT2D eigenvalue weighted by molar-refractivity contribution is -0.125. The second kappa shape index (κ2) is 9.04. The van der Waals surface area contributed by atoms with Crippen LogP contribution in [0.2, 0.25) is 0 Å². The standard InChI is InChI=1S/C25H30N4O3/c1-25(2,3)32-24(31)29-20(13-17-14-26-19-12-8-7-11-18(17)19)21-15-27-23(30)22(28-21)16-9-5-4-6-10-16/h4-12,14,20-22,26,28H,13,15H2,1-3H3,(H,27,30)(H,29,31)/t20-,21-,22-/m0/s1. The van der Waals surface area contributed by atoms with E-state index in [0.717, 1.165) is 22.0 Å². The van der Waals surface area contributed by atoms with Crippen molar-refractivity contribution in [3.63, 3.8) is 0 Å². The fraction of sp³-hybridized carbons (Fsp3) is 0.360. The number of aromatic amines is 1. The molecule has 1 fully saturated rings. The molecule has 4 N–H and O–H groups in total. The Balaban J connectivity index is 1.59. The fourth-order valence-corrected chi connectivity index (χ4v) is 4.10. The number of rotatable bonds is 5. The SMILES string of the molecule is CC(C)(C)OC(=O)N[C@@H](Cc1c[nH]c2ccccc12)[C@@H]1CNC(=O)[C@H](c2ccccc2)N1. The molecule has 0 saturated carbocycles. The van der Waals surface area contributed by atoms with E-state index in [9.17, 15) is 9.59 Å². The molecule has 0 unspecified atom stereocenters. The Labute approximate surface area is 187 Å². The minimum Gasteiger partial charge on any atom is -0.444 e. The van der Waals surface area contributed by atoms with E-state index >= 15 is 0 Å². The van der Waals surface area contributed by atoms with Crippen molar-refractivity contribution >= 4 is 22.9 Å². The molecule has 2 amide bonds. The molecule has 0 spiro atoms. The number of benzene rings is 2. The summed E-state index contributed by atoms with van der Waals surface area (Å²) in [5.74, 6) is -0.0736. The highest BCUT2D eigenvalue weighted by Gasteiger charge is 2.35. The molecule has 1 saturated heterocycles. The first-order valence-corrected chi connectivity index (χ1v) is 10.9. The van der Waals surface area contributed by atoms with Crippen LogP contribution in [0.15, 0.2) is 60.8 Å². The van der Waals surface area contributed by atoms with Crippen molar-refractivity contribution in [2.75, 3.05) is 6.54 Å². The van der Waals surface area contributed by atoms with Crippen molar-refractivity contribution in [1.82, 2.24) is 20.9 Å². The summed E-state index contributed by atoms with van der Waals surface area (Å²) in [5, 5.41) is 10.6. The largest absolute Gasteiger partial charge is 0.444 e. The minimum absolute atomic E-state index is 0.0736. The van der Waals surface area contributed by atoms with Crippen molar-refractivity contribution < 1.29 is 14.3 Å². The van der Waals surface area contributed by atoms with Crippen molar-refractivity contribution in [2.45, 2.75) is 50.9 Å². The topological polar surface area (TPSA) is 95.2 Å². The van der Waals surface area contributed by atoms with Crippen LogP contribution in [0.3, 0.4) is 0 Å². The number of H-pyrrole nitrogens is 1. The third kappa shape index (κ3) is 5.11. The van der Waals surface area contributed by atoms with Crippen molar-refractivity contribution in [3.05, 3.63) is 71.9 Å². The van der Waals surface area contributed by atoms with Gasteiger partial charge in [0, 0.05) is 29.7 Å². The van der Waals surface area contributed by atoms with Gasteiger partial charge in [0.1, 0.15) is 11.6 Å². The Hall–Kier alpha value is -3.32. The van der Waals surface area contributed by atoms with Gasteiger partial charge in [0.2, 0.25) is 5.91 Å². The predicted molar refractivity (Wildman–Crippen MR) is 124 cm³/mol. The van der Waals surface area contributed by atoms with Crippen molar-refractivity contribution in [3.8, 4) is 0 Å². The highest BCUT2D eigenvalue weighted by molar-refractivity contribution is 5.84. The van der Waals surface area contributed by atoms with E-state index in [0.29, 0.717) is 13.0 Å². The lowest BCUT2D eigenvalue weighted by Crippen LogP contribution is -2.62. The zero-order valence-corrected chi connectivity index (χ0v) is 18.6. The number of nitrogens with one attached hydrogen (secondary N) is 4. The van der Waals surface area contributed by atoms with Gasteiger partial charge in [-0.2, -0.15) is 0 Å². The molecule has 32 heavy (non-hydrogen) atoms. The number of alkyl carbamates (subject to hydrolysis) is 1. The number of carbonyl (C=O) groups excluding carboxylic acids is 2. The van der Waals surface area contributed by atoms with Crippen LogP contribution in [0.5, 0.6) is 0 Å².